The maximum atomic E-state index is 3.69. The first kappa shape index (κ1) is 41.2. The van der Waals surface area contributed by atoms with Gasteiger partial charge in [-0.3, -0.25) is 6.08 Å². The van der Waals surface area contributed by atoms with E-state index in [0.717, 1.165) is 30.1 Å². The molecule has 9 rings (SSSR count). The van der Waals surface area contributed by atoms with Crippen LogP contribution >= 0.6 is 0 Å². The molecule has 0 nitrogen and oxygen atoms in total. The molecule has 0 heterocycles. The molecule has 0 spiro atoms. The molecule has 6 aliphatic rings. The number of fused-ring (bicyclic) bond motifs is 3. The van der Waals surface area contributed by atoms with E-state index in [2.05, 4.69) is 140 Å². The van der Waals surface area contributed by atoms with Crippen molar-refractivity contribution in [3.63, 3.8) is 0 Å². The van der Waals surface area contributed by atoms with E-state index in [9.17, 15) is 0 Å². The van der Waals surface area contributed by atoms with Gasteiger partial charge in [0.1, 0.15) is 0 Å². The Labute approximate surface area is 332 Å². The molecular weight excluding hydrogens is 727 g/mol. The molecule has 4 fully saturated rings. The van der Waals surface area contributed by atoms with Crippen LogP contribution in [0.25, 0.3) is 11.1 Å². The minimum atomic E-state index is 0. The summed E-state index contributed by atoms with van der Waals surface area (Å²) < 4.78 is 2.17. The normalized spacial score (nSPS) is 26.6. The molecule has 3 aromatic carbocycles. The van der Waals surface area contributed by atoms with Crippen LogP contribution < -0.4 is 24.8 Å². The molecule has 0 amide bonds. The fourth-order valence-electron chi connectivity index (χ4n) is 10.1. The quantitative estimate of drug-likeness (QED) is 0.218. The predicted octanol–water partition coefficient (Wildman–Crippen LogP) is 6.05. The van der Waals surface area contributed by atoms with Crippen molar-refractivity contribution >= 4 is 3.71 Å². The van der Waals surface area contributed by atoms with E-state index in [1.807, 2.05) is 6.07 Å². The third-order valence-electron chi connectivity index (χ3n) is 12.4. The summed E-state index contributed by atoms with van der Waals surface area (Å²) in [4.78, 5) is 0. The predicted molar refractivity (Wildman–Crippen MR) is 202 cm³/mol. The number of benzene rings is 3. The summed E-state index contributed by atoms with van der Waals surface area (Å²) in [6, 6.07) is 21.3. The number of aryl methyl sites for hydroxylation is 2. The molecule has 3 heteroatoms. The Bertz CT molecular complexity index is 1630. The Morgan fingerprint density at radius 1 is 0.780 bits per heavy atom. The summed E-state index contributed by atoms with van der Waals surface area (Å²) in [5.41, 5.74) is 15.1. The van der Waals surface area contributed by atoms with Crippen molar-refractivity contribution in [2.24, 2.45) is 35.0 Å². The first-order valence-corrected chi connectivity index (χ1v) is 20.1. The van der Waals surface area contributed by atoms with Crippen LogP contribution in [0, 0.1) is 61.0 Å². The van der Waals surface area contributed by atoms with Gasteiger partial charge in [0.05, 0.1) is 0 Å². The van der Waals surface area contributed by atoms with Gasteiger partial charge in [-0.25, -0.2) is 6.08 Å². The maximum absolute atomic E-state index is 3.69. The monoisotopic (exact) mass is 782 g/mol. The van der Waals surface area contributed by atoms with Crippen molar-refractivity contribution < 1.29 is 49.0 Å². The summed E-state index contributed by atoms with van der Waals surface area (Å²) in [5.74, 6) is 4.68. The van der Waals surface area contributed by atoms with Crippen LogP contribution in [0.15, 0.2) is 66.3 Å². The van der Waals surface area contributed by atoms with Crippen LogP contribution in [0.3, 0.4) is 0 Å². The van der Waals surface area contributed by atoms with Gasteiger partial charge in [-0.1, -0.05) is 96.8 Å². The van der Waals surface area contributed by atoms with Crippen LogP contribution in [0.1, 0.15) is 126 Å². The average Bonchev–Trinajstić information content (AvgIpc) is 3.61. The van der Waals surface area contributed by atoms with Crippen molar-refractivity contribution in [2.75, 3.05) is 0 Å². The number of halogens is 2. The van der Waals surface area contributed by atoms with E-state index in [1.54, 1.807) is 12.0 Å². The topological polar surface area (TPSA) is 0 Å². The Balaban J connectivity index is 0.000000183. The summed E-state index contributed by atoms with van der Waals surface area (Å²) in [6.07, 6.45) is 17.0. The molecular formula is C47H58Cl2Zr-2. The molecule has 0 aliphatic heterocycles. The summed E-state index contributed by atoms with van der Waals surface area (Å²) >= 11 is 1.46. The second-order valence-corrected chi connectivity index (χ2v) is 18.8. The molecule has 4 saturated carbocycles. The molecule has 0 aromatic heterocycles. The molecule has 0 N–H and O–H groups in total. The Morgan fingerprint density at radius 2 is 1.34 bits per heavy atom. The van der Waals surface area contributed by atoms with Crippen LogP contribution in [0.5, 0.6) is 0 Å². The van der Waals surface area contributed by atoms with Crippen molar-refractivity contribution in [3.8, 4) is 11.1 Å². The SMILES string of the molecule is CC1[C-]=CC(C2(C)C3CC4CC(C3)CC2C4)=C1.Cc1[c-]c2c(cc1C(C)(C)C)-c1cc(C(C)(C)C)c(C)cc1C2.[Cl-].[Cl-].[Zr+2]=[CH]c1ccccc1. The Kier molecular flexibility index (Phi) is 13.1. The average molecular weight is 785 g/mol. The van der Waals surface area contributed by atoms with Crippen molar-refractivity contribution in [1.29, 1.82) is 0 Å². The molecule has 50 heavy (non-hydrogen) atoms. The zero-order valence-electron chi connectivity index (χ0n) is 32.2. The number of allylic oxidation sites excluding steroid dienone is 4. The van der Waals surface area contributed by atoms with E-state index in [0.29, 0.717) is 11.3 Å². The van der Waals surface area contributed by atoms with Crippen molar-refractivity contribution in [2.45, 2.75) is 119 Å². The van der Waals surface area contributed by atoms with Crippen LogP contribution in [-0.2, 0) is 41.5 Å². The zero-order valence-corrected chi connectivity index (χ0v) is 36.2. The summed E-state index contributed by atoms with van der Waals surface area (Å²) in [6.45, 7) is 23.1. The molecule has 0 saturated heterocycles. The first-order chi connectivity index (χ1) is 22.6. The molecule has 0 radical (unpaired) electrons. The fraction of sp³-hybridized carbons (Fsp3) is 0.511. The Morgan fingerprint density at radius 3 is 1.82 bits per heavy atom. The van der Waals surface area contributed by atoms with Gasteiger partial charge in [-0.15, -0.1) is 16.7 Å². The molecule has 1 unspecified atom stereocenters. The molecule has 1 atom stereocenters. The molecule has 266 valence electrons. The standard InChI is InChI=1S/C23H29.C17H23.C7H6.2ClH.Zr/c1-14-9-16-11-17-10-15(2)21(23(6,7)8)13-19(17)18(16)12-20(14)22(3,4)5;1-11-3-4-14(5-11)17(2)15-7-12-6-13(9-15)10-16(17)8-12;1-7-5-3-2-4-6-7;;;/h9,12-13H,11H2,1-8H3;4-5,11-13,15-16H,6-10H2,1-2H3;1-6H;2*1H;/q2*-1;;;;+2/p-2. The second-order valence-electron chi connectivity index (χ2n) is 18.1. The van der Waals surface area contributed by atoms with Gasteiger partial charge < -0.3 is 24.8 Å². The van der Waals surface area contributed by atoms with Gasteiger partial charge in [0.15, 0.2) is 0 Å². The fourth-order valence-corrected chi connectivity index (χ4v) is 10.6. The third kappa shape index (κ3) is 8.32. The van der Waals surface area contributed by atoms with Crippen molar-refractivity contribution in [1.82, 2.24) is 0 Å². The van der Waals surface area contributed by atoms with Crippen LogP contribution in [-0.4, -0.2) is 3.71 Å². The third-order valence-corrected chi connectivity index (χ3v) is 13.3. The zero-order chi connectivity index (χ0) is 34.6. The van der Waals surface area contributed by atoms with E-state index < -0.39 is 0 Å². The molecule has 4 bridgehead atoms. The summed E-state index contributed by atoms with van der Waals surface area (Å²) in [5, 5.41) is 0. The van der Waals surface area contributed by atoms with Gasteiger partial charge in [-0.2, -0.15) is 29.3 Å². The van der Waals surface area contributed by atoms with Gasteiger partial charge in [-0.05, 0) is 91.2 Å². The number of hydrogen-bond acceptors (Lipinski definition) is 0. The van der Waals surface area contributed by atoms with Crippen LogP contribution in [0.2, 0.25) is 0 Å². The van der Waals surface area contributed by atoms with Crippen molar-refractivity contribution in [3.05, 3.63) is 117 Å². The van der Waals surface area contributed by atoms with E-state index in [1.165, 1.54) is 100.0 Å². The second kappa shape index (κ2) is 15.8. The number of hydrogen-bond donors (Lipinski definition) is 0. The van der Waals surface area contributed by atoms with E-state index in [-0.39, 0.29) is 35.6 Å². The molecule has 3 aromatic rings. The van der Waals surface area contributed by atoms with Gasteiger partial charge >= 0.3 is 63.8 Å². The minimum absolute atomic E-state index is 0. The van der Waals surface area contributed by atoms with E-state index >= 15 is 0 Å². The number of rotatable bonds is 2. The van der Waals surface area contributed by atoms with Crippen LogP contribution in [0.4, 0.5) is 0 Å². The van der Waals surface area contributed by atoms with Gasteiger partial charge in [0.2, 0.25) is 0 Å². The van der Waals surface area contributed by atoms with E-state index in [4.69, 9.17) is 0 Å². The first-order valence-electron chi connectivity index (χ1n) is 18.7. The molecule has 6 aliphatic carbocycles. The van der Waals surface area contributed by atoms with Gasteiger partial charge in [0.25, 0.3) is 0 Å². The summed E-state index contributed by atoms with van der Waals surface area (Å²) in [7, 11) is 0. The van der Waals surface area contributed by atoms with Gasteiger partial charge in [0, 0.05) is 0 Å². The Hall–Kier alpha value is -1.53.